The molecule has 0 saturated heterocycles. The Morgan fingerprint density at radius 2 is 1.96 bits per heavy atom. The lowest BCUT2D eigenvalue weighted by atomic mass is 10.1. The first-order valence-electron chi connectivity index (χ1n) is 8.97. The van der Waals surface area contributed by atoms with Gasteiger partial charge in [-0.15, -0.1) is 0 Å². The number of aryl methyl sites for hydroxylation is 1. The van der Waals surface area contributed by atoms with Crippen molar-refractivity contribution in [2.75, 3.05) is 13.7 Å². The molecular weight excluding hydrogens is 359 g/mol. The van der Waals surface area contributed by atoms with Crippen LogP contribution in [0.25, 0.3) is 0 Å². The van der Waals surface area contributed by atoms with Crippen molar-refractivity contribution >= 4 is 6.03 Å². The van der Waals surface area contributed by atoms with E-state index >= 15 is 0 Å². The average molecular weight is 382 g/mol. The van der Waals surface area contributed by atoms with Gasteiger partial charge in [0.25, 0.3) is 0 Å². The van der Waals surface area contributed by atoms with Crippen molar-refractivity contribution in [2.24, 2.45) is 7.05 Å². The number of rotatable bonds is 7. The van der Waals surface area contributed by atoms with Gasteiger partial charge in [0.05, 0.1) is 7.11 Å². The molecule has 0 spiro atoms. The Labute approximate surface area is 163 Å². The number of nitrogens with zero attached hydrogens (tertiary/aromatic N) is 2. The van der Waals surface area contributed by atoms with Crippen LogP contribution in [0.3, 0.4) is 0 Å². The monoisotopic (exact) mass is 382 g/mol. The molecule has 0 aliphatic heterocycles. The predicted molar refractivity (Wildman–Crippen MR) is 105 cm³/mol. The number of imidazole rings is 1. The number of urea groups is 1. The molecule has 1 heterocycles. The summed E-state index contributed by atoms with van der Waals surface area (Å²) in [6.45, 7) is 0.322. The van der Waals surface area contributed by atoms with Crippen LogP contribution in [0, 0.1) is 5.82 Å². The third-order valence-corrected chi connectivity index (χ3v) is 4.48. The fourth-order valence-electron chi connectivity index (χ4n) is 2.94. The lowest BCUT2D eigenvalue weighted by Crippen LogP contribution is -2.40. The first-order valence-corrected chi connectivity index (χ1v) is 8.97. The second-order valence-corrected chi connectivity index (χ2v) is 6.34. The number of hydrogen-bond donors (Lipinski definition) is 2. The van der Waals surface area contributed by atoms with Gasteiger partial charge in [-0.1, -0.05) is 30.3 Å². The molecule has 7 heteroatoms. The standard InChI is InChI=1S/C21H23FN4O2/c1-26-14-13-23-20(26)19(16-7-9-17(28-2)10-8-16)25-21(27)24-12-11-15-5-3-4-6-18(15)22/h3-10,13-14,19H,11-12H2,1-2H3,(H2,24,25,27)/t19-/m1/s1. The quantitative estimate of drug-likeness (QED) is 0.659. The lowest BCUT2D eigenvalue weighted by molar-refractivity contribution is 0.238. The Hall–Kier alpha value is -3.35. The van der Waals surface area contributed by atoms with Crippen molar-refractivity contribution in [1.82, 2.24) is 20.2 Å². The maximum absolute atomic E-state index is 13.7. The fraction of sp³-hybridized carbons (Fsp3) is 0.238. The van der Waals surface area contributed by atoms with Crippen LogP contribution in [-0.2, 0) is 13.5 Å². The van der Waals surface area contributed by atoms with Crippen LogP contribution < -0.4 is 15.4 Å². The number of ether oxygens (including phenoxy) is 1. The van der Waals surface area contributed by atoms with E-state index in [9.17, 15) is 9.18 Å². The number of hydrogen-bond acceptors (Lipinski definition) is 3. The van der Waals surface area contributed by atoms with Crippen LogP contribution >= 0.6 is 0 Å². The van der Waals surface area contributed by atoms with Gasteiger partial charge in [0, 0.05) is 26.0 Å². The summed E-state index contributed by atoms with van der Waals surface area (Å²) in [6, 6.07) is 13.2. The van der Waals surface area contributed by atoms with E-state index in [4.69, 9.17) is 4.74 Å². The molecular formula is C21H23FN4O2. The van der Waals surface area contributed by atoms with Gasteiger partial charge < -0.3 is 19.9 Å². The van der Waals surface area contributed by atoms with Crippen LogP contribution in [0.4, 0.5) is 9.18 Å². The SMILES string of the molecule is COc1ccc([C@@H](NC(=O)NCCc2ccccc2F)c2nccn2C)cc1. The van der Waals surface area contributed by atoms with E-state index in [0.717, 1.165) is 11.3 Å². The summed E-state index contributed by atoms with van der Waals surface area (Å²) in [4.78, 5) is 16.8. The highest BCUT2D eigenvalue weighted by Crippen LogP contribution is 2.22. The minimum atomic E-state index is -0.431. The van der Waals surface area contributed by atoms with E-state index in [1.54, 1.807) is 31.5 Å². The van der Waals surface area contributed by atoms with Gasteiger partial charge in [0.15, 0.2) is 0 Å². The van der Waals surface area contributed by atoms with E-state index < -0.39 is 6.04 Å². The molecule has 0 radical (unpaired) electrons. The minimum Gasteiger partial charge on any atom is -0.497 e. The summed E-state index contributed by atoms with van der Waals surface area (Å²) in [6.07, 6.45) is 3.92. The Kier molecular flexibility index (Phi) is 6.26. The molecule has 6 nitrogen and oxygen atoms in total. The smallest absolute Gasteiger partial charge is 0.315 e. The number of benzene rings is 2. The highest BCUT2D eigenvalue weighted by Gasteiger charge is 2.20. The molecule has 0 bridgehead atoms. The van der Waals surface area contributed by atoms with Crippen LogP contribution in [0.15, 0.2) is 60.9 Å². The fourth-order valence-corrected chi connectivity index (χ4v) is 2.94. The number of halogens is 1. The van der Waals surface area contributed by atoms with Crippen LogP contribution in [0.2, 0.25) is 0 Å². The summed E-state index contributed by atoms with van der Waals surface area (Å²) in [5, 5.41) is 5.73. The van der Waals surface area contributed by atoms with Crippen molar-refractivity contribution in [1.29, 1.82) is 0 Å². The Morgan fingerprint density at radius 3 is 2.61 bits per heavy atom. The number of amides is 2. The third kappa shape index (κ3) is 4.68. The maximum Gasteiger partial charge on any atom is 0.315 e. The van der Waals surface area contributed by atoms with Crippen molar-refractivity contribution in [3.05, 3.63) is 83.7 Å². The molecule has 0 unspecified atom stereocenters. The summed E-state index contributed by atoms with van der Waals surface area (Å²) in [7, 11) is 3.48. The van der Waals surface area contributed by atoms with Crippen LogP contribution in [-0.4, -0.2) is 29.2 Å². The third-order valence-electron chi connectivity index (χ3n) is 4.48. The molecule has 28 heavy (non-hydrogen) atoms. The summed E-state index contributed by atoms with van der Waals surface area (Å²) >= 11 is 0. The Balaban J connectivity index is 1.68. The Morgan fingerprint density at radius 1 is 1.21 bits per heavy atom. The number of carbonyl (C=O) groups excluding carboxylic acids is 1. The normalized spacial score (nSPS) is 11.7. The van der Waals surface area contributed by atoms with E-state index in [-0.39, 0.29) is 11.8 Å². The molecule has 2 amide bonds. The van der Waals surface area contributed by atoms with Crippen LogP contribution in [0.5, 0.6) is 5.75 Å². The second kappa shape index (κ2) is 9.03. The van der Waals surface area contributed by atoms with Gasteiger partial charge in [-0.25, -0.2) is 14.2 Å². The molecule has 2 N–H and O–H groups in total. The number of carbonyl (C=O) groups is 1. The summed E-state index contributed by atoms with van der Waals surface area (Å²) in [5.41, 5.74) is 1.44. The Bertz CT molecular complexity index is 924. The molecule has 0 aliphatic rings. The zero-order valence-corrected chi connectivity index (χ0v) is 15.9. The second-order valence-electron chi connectivity index (χ2n) is 6.34. The summed E-state index contributed by atoms with van der Waals surface area (Å²) in [5.74, 6) is 1.17. The zero-order chi connectivity index (χ0) is 19.9. The van der Waals surface area contributed by atoms with Gasteiger partial charge >= 0.3 is 6.03 Å². The van der Waals surface area contributed by atoms with Crippen molar-refractivity contribution in [3.8, 4) is 5.75 Å². The van der Waals surface area contributed by atoms with Crippen molar-refractivity contribution in [3.63, 3.8) is 0 Å². The van der Waals surface area contributed by atoms with E-state index in [1.807, 2.05) is 42.1 Å². The predicted octanol–water partition coefficient (Wildman–Crippen LogP) is 3.20. The maximum atomic E-state index is 13.7. The first kappa shape index (κ1) is 19.4. The molecule has 0 fully saturated rings. The van der Waals surface area contributed by atoms with E-state index in [0.29, 0.717) is 24.4 Å². The molecule has 3 rings (SSSR count). The van der Waals surface area contributed by atoms with Gasteiger partial charge in [-0.2, -0.15) is 0 Å². The molecule has 1 atom stereocenters. The molecule has 146 valence electrons. The van der Waals surface area contributed by atoms with E-state index in [1.165, 1.54) is 6.07 Å². The number of nitrogens with one attached hydrogen (secondary N) is 2. The molecule has 2 aromatic carbocycles. The highest BCUT2D eigenvalue weighted by molar-refractivity contribution is 5.74. The molecule has 0 saturated carbocycles. The van der Waals surface area contributed by atoms with Gasteiger partial charge in [0.1, 0.15) is 23.4 Å². The van der Waals surface area contributed by atoms with Crippen molar-refractivity contribution in [2.45, 2.75) is 12.5 Å². The van der Waals surface area contributed by atoms with Gasteiger partial charge in [0.2, 0.25) is 0 Å². The lowest BCUT2D eigenvalue weighted by Gasteiger charge is -2.20. The largest absolute Gasteiger partial charge is 0.497 e. The number of aromatic nitrogens is 2. The van der Waals surface area contributed by atoms with Gasteiger partial charge in [-0.3, -0.25) is 0 Å². The van der Waals surface area contributed by atoms with Gasteiger partial charge in [-0.05, 0) is 35.7 Å². The highest BCUT2D eigenvalue weighted by atomic mass is 19.1. The van der Waals surface area contributed by atoms with Crippen LogP contribution in [0.1, 0.15) is 23.0 Å². The molecule has 3 aromatic rings. The minimum absolute atomic E-state index is 0.270. The topological polar surface area (TPSA) is 68.2 Å². The summed E-state index contributed by atoms with van der Waals surface area (Å²) < 4.78 is 20.7. The van der Waals surface area contributed by atoms with E-state index in [2.05, 4.69) is 15.6 Å². The van der Waals surface area contributed by atoms with Crippen molar-refractivity contribution < 1.29 is 13.9 Å². The average Bonchev–Trinajstić information content (AvgIpc) is 3.13. The zero-order valence-electron chi connectivity index (χ0n) is 15.9. The molecule has 0 aliphatic carbocycles. The number of methoxy groups -OCH3 is 1. The molecule has 1 aromatic heterocycles. The first-order chi connectivity index (χ1) is 13.6.